The Labute approximate surface area is 223 Å². The van der Waals surface area contributed by atoms with Gasteiger partial charge in [0.25, 0.3) is 5.91 Å². The zero-order chi connectivity index (χ0) is 21.1. The van der Waals surface area contributed by atoms with Crippen LogP contribution in [0, 0.1) is 5.82 Å². The van der Waals surface area contributed by atoms with Crippen molar-refractivity contribution in [3.63, 3.8) is 0 Å². The van der Waals surface area contributed by atoms with Gasteiger partial charge in [-0.3, -0.25) is 4.79 Å². The molecule has 6 nitrogen and oxygen atoms in total. The maximum atomic E-state index is 15.1. The van der Waals surface area contributed by atoms with Crippen LogP contribution in [-0.2, 0) is 28.0 Å². The summed E-state index contributed by atoms with van der Waals surface area (Å²) in [5.74, 6) is -1.44. The first-order valence-electron chi connectivity index (χ1n) is 9.29. The van der Waals surface area contributed by atoms with Crippen LogP contribution in [-0.4, -0.2) is 72.3 Å². The molecule has 0 bridgehead atoms. The predicted molar refractivity (Wildman–Crippen MR) is 117 cm³/mol. The fourth-order valence-electron chi connectivity index (χ4n) is 3.29. The number of rotatable bonds is 6. The number of benzene rings is 3. The summed E-state index contributed by atoms with van der Waals surface area (Å²) in [6.07, 6.45) is 0.448. The van der Waals surface area contributed by atoms with E-state index in [1.165, 1.54) is 6.07 Å². The van der Waals surface area contributed by atoms with E-state index in [0.717, 1.165) is 11.1 Å². The maximum Gasteiger partial charge on any atom is 0.326 e. The molecular formula is C22H19FKN2O4S. The zero-order valence-electron chi connectivity index (χ0n) is 16.9. The van der Waals surface area contributed by atoms with Gasteiger partial charge in [-0.2, -0.15) is 8.42 Å². The van der Waals surface area contributed by atoms with E-state index in [9.17, 15) is 13.2 Å². The SMILES string of the molecule is O=C1CN(c2c(F)cc(Cc3ccccc3)cc2OCc2ccccc2)S(=O)(=O)N1.[K]. The van der Waals surface area contributed by atoms with Crippen molar-refractivity contribution in [1.29, 1.82) is 0 Å². The van der Waals surface area contributed by atoms with Gasteiger partial charge in [0.05, 0.1) is 0 Å². The Morgan fingerprint density at radius 3 is 2.13 bits per heavy atom. The minimum atomic E-state index is -4.18. The molecule has 0 saturated carbocycles. The molecule has 0 aliphatic carbocycles. The van der Waals surface area contributed by atoms with Gasteiger partial charge in [0.1, 0.15) is 24.6 Å². The van der Waals surface area contributed by atoms with Gasteiger partial charge in [0.15, 0.2) is 5.82 Å². The third kappa shape index (κ3) is 5.74. The zero-order valence-corrected chi connectivity index (χ0v) is 20.9. The number of hydrogen-bond donors (Lipinski definition) is 1. The van der Waals surface area contributed by atoms with Crippen molar-refractivity contribution >= 4 is 73.2 Å². The number of hydrogen-bond acceptors (Lipinski definition) is 4. The Bertz CT molecular complexity index is 1170. The molecule has 3 aromatic carbocycles. The number of carbonyl (C=O) groups excluding carboxylic acids is 1. The van der Waals surface area contributed by atoms with Crippen LogP contribution in [0.4, 0.5) is 10.1 Å². The summed E-state index contributed by atoms with van der Waals surface area (Å²) in [4.78, 5) is 11.7. The molecular weight excluding hydrogens is 446 g/mol. The average Bonchev–Trinajstić information content (AvgIpc) is 2.99. The van der Waals surface area contributed by atoms with Gasteiger partial charge in [-0.1, -0.05) is 60.7 Å². The second kappa shape index (κ2) is 10.2. The van der Waals surface area contributed by atoms with Crippen LogP contribution < -0.4 is 13.8 Å². The van der Waals surface area contributed by atoms with E-state index in [2.05, 4.69) is 0 Å². The van der Waals surface area contributed by atoms with Crippen molar-refractivity contribution in [2.45, 2.75) is 13.0 Å². The summed E-state index contributed by atoms with van der Waals surface area (Å²) in [5.41, 5.74) is 2.17. The topological polar surface area (TPSA) is 75.7 Å². The minimum absolute atomic E-state index is 0. The third-order valence-electron chi connectivity index (χ3n) is 4.65. The van der Waals surface area contributed by atoms with E-state index >= 15 is 4.39 Å². The molecule has 1 aliphatic rings. The average molecular weight is 466 g/mol. The minimum Gasteiger partial charge on any atom is -0.487 e. The molecule has 1 saturated heterocycles. The standard InChI is InChI=1S/C22H19FN2O4S.K/c23-19-12-18(11-16-7-3-1-4-8-16)13-20(29-15-17-9-5-2-6-10-17)22(19)25-14-21(26)24-30(25,27)28;/h1-10,12-13H,11,14-15H2,(H,24,26);. The van der Waals surface area contributed by atoms with E-state index in [4.69, 9.17) is 4.74 Å². The third-order valence-corrected chi connectivity index (χ3v) is 6.02. The van der Waals surface area contributed by atoms with E-state index in [-0.39, 0.29) is 69.4 Å². The number of anilines is 1. The molecule has 1 radical (unpaired) electrons. The fourth-order valence-corrected chi connectivity index (χ4v) is 4.46. The summed E-state index contributed by atoms with van der Waals surface area (Å²) in [5, 5.41) is 0. The second-order valence-corrected chi connectivity index (χ2v) is 8.49. The number of nitrogens with zero attached hydrogens (tertiary/aromatic N) is 1. The van der Waals surface area contributed by atoms with Crippen molar-refractivity contribution < 1.29 is 22.3 Å². The van der Waals surface area contributed by atoms with Crippen LogP contribution in [0.15, 0.2) is 72.8 Å². The Morgan fingerprint density at radius 2 is 1.55 bits per heavy atom. The van der Waals surface area contributed by atoms with Crippen LogP contribution in [0.25, 0.3) is 0 Å². The van der Waals surface area contributed by atoms with E-state index in [1.54, 1.807) is 6.07 Å². The maximum absolute atomic E-state index is 15.1. The molecule has 4 rings (SSSR count). The molecule has 1 fully saturated rings. The summed E-state index contributed by atoms with van der Waals surface area (Å²) < 4.78 is 48.1. The van der Waals surface area contributed by atoms with Crippen molar-refractivity contribution in [3.05, 3.63) is 95.3 Å². The van der Waals surface area contributed by atoms with Gasteiger partial charge >= 0.3 is 10.2 Å². The summed E-state index contributed by atoms with van der Waals surface area (Å²) >= 11 is 0. The van der Waals surface area contributed by atoms with E-state index in [0.29, 0.717) is 16.3 Å². The first-order chi connectivity index (χ1) is 14.4. The Morgan fingerprint density at radius 1 is 0.935 bits per heavy atom. The molecule has 155 valence electrons. The molecule has 31 heavy (non-hydrogen) atoms. The van der Waals surface area contributed by atoms with Crippen molar-refractivity contribution in [1.82, 2.24) is 4.72 Å². The van der Waals surface area contributed by atoms with Gasteiger partial charge in [-0.15, -0.1) is 0 Å². The van der Waals surface area contributed by atoms with Gasteiger partial charge in [0, 0.05) is 51.4 Å². The van der Waals surface area contributed by atoms with Crippen LogP contribution in [0.5, 0.6) is 5.75 Å². The molecule has 0 spiro atoms. The normalized spacial score (nSPS) is 14.6. The molecule has 0 unspecified atom stereocenters. The Kier molecular flexibility index (Phi) is 7.90. The molecule has 3 aromatic rings. The summed E-state index contributed by atoms with van der Waals surface area (Å²) in [6, 6.07) is 21.7. The largest absolute Gasteiger partial charge is 0.487 e. The van der Waals surface area contributed by atoms with Crippen LogP contribution >= 0.6 is 0 Å². The molecule has 1 N–H and O–H groups in total. The van der Waals surface area contributed by atoms with Crippen LogP contribution in [0.3, 0.4) is 0 Å². The first-order valence-corrected chi connectivity index (χ1v) is 10.7. The number of halogens is 1. The molecule has 1 heterocycles. The molecule has 0 aromatic heterocycles. The molecule has 0 atom stereocenters. The summed E-state index contributed by atoms with van der Waals surface area (Å²) in [7, 11) is -4.18. The van der Waals surface area contributed by atoms with Gasteiger partial charge < -0.3 is 4.74 Å². The van der Waals surface area contributed by atoms with E-state index < -0.39 is 28.5 Å². The number of amides is 1. The molecule has 9 heteroatoms. The number of carbonyl (C=O) groups is 1. The van der Waals surface area contributed by atoms with Crippen LogP contribution in [0.2, 0.25) is 0 Å². The van der Waals surface area contributed by atoms with Crippen molar-refractivity contribution in [2.24, 2.45) is 0 Å². The quantitative estimate of drug-likeness (QED) is 0.568. The predicted octanol–water partition coefficient (Wildman–Crippen LogP) is 2.80. The fraction of sp³-hybridized carbons (Fsp3) is 0.136. The smallest absolute Gasteiger partial charge is 0.326 e. The number of ether oxygens (including phenoxy) is 1. The van der Waals surface area contributed by atoms with Gasteiger partial charge in [-0.05, 0) is 35.2 Å². The molecule has 1 aliphatic heterocycles. The van der Waals surface area contributed by atoms with Crippen molar-refractivity contribution in [2.75, 3.05) is 10.8 Å². The Hall–Kier alpha value is -1.75. The molecule has 1 amide bonds. The van der Waals surface area contributed by atoms with Gasteiger partial charge in [-0.25, -0.2) is 13.4 Å². The van der Waals surface area contributed by atoms with Crippen molar-refractivity contribution in [3.8, 4) is 5.75 Å². The second-order valence-electron chi connectivity index (χ2n) is 6.90. The first kappa shape index (κ1) is 23.9. The Balaban J connectivity index is 0.00000272. The van der Waals surface area contributed by atoms with E-state index in [1.807, 2.05) is 65.4 Å². The summed E-state index contributed by atoms with van der Waals surface area (Å²) in [6.45, 7) is -0.379. The van der Waals surface area contributed by atoms with Gasteiger partial charge in [0.2, 0.25) is 0 Å². The number of nitrogens with one attached hydrogen (secondary N) is 1. The van der Waals surface area contributed by atoms with Crippen LogP contribution in [0.1, 0.15) is 16.7 Å². The monoisotopic (exact) mass is 465 g/mol.